The van der Waals surface area contributed by atoms with Gasteiger partial charge >= 0.3 is 5.97 Å². The van der Waals surface area contributed by atoms with Gasteiger partial charge in [-0.3, -0.25) is 4.79 Å². The highest BCUT2D eigenvalue weighted by molar-refractivity contribution is 9.10. The Hall–Kier alpha value is -3.07. The van der Waals surface area contributed by atoms with Crippen molar-refractivity contribution in [2.24, 2.45) is 0 Å². The number of methoxy groups -OCH3 is 1. The third kappa shape index (κ3) is 3.62. The maximum atomic E-state index is 13.7. The van der Waals surface area contributed by atoms with Gasteiger partial charge in [0.15, 0.2) is 5.69 Å². The molecule has 0 spiro atoms. The Bertz CT molecular complexity index is 990. The molecule has 7 nitrogen and oxygen atoms in total. The predicted molar refractivity (Wildman–Crippen MR) is 94.8 cm³/mol. The lowest BCUT2D eigenvalue weighted by Crippen LogP contribution is -2.13. The highest BCUT2D eigenvalue weighted by Gasteiger charge is 2.16. The second-order valence-electron chi connectivity index (χ2n) is 5.14. The van der Waals surface area contributed by atoms with Gasteiger partial charge in [-0.05, 0) is 46.3 Å². The van der Waals surface area contributed by atoms with Crippen molar-refractivity contribution < 1.29 is 18.7 Å². The topological polar surface area (TPSA) is 86.1 Å². The Labute approximate surface area is 155 Å². The van der Waals surface area contributed by atoms with Gasteiger partial charge in [0.2, 0.25) is 0 Å². The number of rotatable bonds is 4. The molecule has 0 bridgehead atoms. The zero-order chi connectivity index (χ0) is 18.7. The first-order chi connectivity index (χ1) is 12.5. The molecule has 9 heteroatoms. The van der Waals surface area contributed by atoms with Crippen molar-refractivity contribution >= 4 is 33.5 Å². The third-order valence-corrected chi connectivity index (χ3v) is 4.13. The average Bonchev–Trinajstić information content (AvgIpc) is 3.13. The number of anilines is 1. The first kappa shape index (κ1) is 17.7. The molecule has 3 aromatic rings. The summed E-state index contributed by atoms with van der Waals surface area (Å²) in [5.74, 6) is -2.13. The molecule has 1 N–H and O–H groups in total. The number of aromatic nitrogens is 3. The second kappa shape index (κ2) is 7.44. The molecule has 132 valence electrons. The van der Waals surface area contributed by atoms with Gasteiger partial charge in [0.05, 0.1) is 24.6 Å². The molecule has 0 radical (unpaired) electrons. The van der Waals surface area contributed by atoms with Crippen LogP contribution in [0.25, 0.3) is 5.69 Å². The SMILES string of the molecule is COC(=O)c1cc(NC(=O)c2cn(-c3ccccc3Br)nn2)ccc1F. The van der Waals surface area contributed by atoms with Gasteiger partial charge in [-0.1, -0.05) is 17.3 Å². The van der Waals surface area contributed by atoms with Crippen LogP contribution in [0.1, 0.15) is 20.8 Å². The van der Waals surface area contributed by atoms with E-state index in [2.05, 4.69) is 36.3 Å². The summed E-state index contributed by atoms with van der Waals surface area (Å²) in [4.78, 5) is 23.9. The van der Waals surface area contributed by atoms with E-state index < -0.39 is 17.7 Å². The number of hydrogen-bond donors (Lipinski definition) is 1. The van der Waals surface area contributed by atoms with E-state index in [4.69, 9.17) is 0 Å². The van der Waals surface area contributed by atoms with Crippen molar-refractivity contribution in [3.63, 3.8) is 0 Å². The number of amides is 1. The van der Waals surface area contributed by atoms with Crippen molar-refractivity contribution in [2.75, 3.05) is 12.4 Å². The number of carbonyl (C=O) groups excluding carboxylic acids is 2. The van der Waals surface area contributed by atoms with E-state index in [1.165, 1.54) is 23.0 Å². The summed E-state index contributed by atoms with van der Waals surface area (Å²) in [5, 5.41) is 10.3. The smallest absolute Gasteiger partial charge is 0.340 e. The molecule has 1 heterocycles. The second-order valence-corrected chi connectivity index (χ2v) is 5.99. The lowest BCUT2D eigenvalue weighted by atomic mass is 10.2. The minimum absolute atomic E-state index is 0.0599. The summed E-state index contributed by atoms with van der Waals surface area (Å²) in [6, 6.07) is 10.9. The number of hydrogen-bond acceptors (Lipinski definition) is 5. The van der Waals surface area contributed by atoms with Crippen LogP contribution in [0.15, 0.2) is 53.1 Å². The minimum atomic E-state index is -0.835. The van der Waals surface area contributed by atoms with E-state index in [0.717, 1.165) is 17.6 Å². The molecule has 26 heavy (non-hydrogen) atoms. The Balaban J connectivity index is 1.81. The molecule has 0 unspecified atom stereocenters. The molecule has 3 rings (SSSR count). The highest BCUT2D eigenvalue weighted by Crippen LogP contribution is 2.20. The number of para-hydroxylation sites is 1. The van der Waals surface area contributed by atoms with Crippen molar-refractivity contribution in [1.82, 2.24) is 15.0 Å². The molecule has 0 atom stereocenters. The first-order valence-electron chi connectivity index (χ1n) is 7.36. The summed E-state index contributed by atoms with van der Waals surface area (Å²) in [6.45, 7) is 0. The molecule has 0 aliphatic carbocycles. The van der Waals surface area contributed by atoms with Gasteiger partial charge in [0.25, 0.3) is 5.91 Å². The Morgan fingerprint density at radius 2 is 2.00 bits per heavy atom. The fraction of sp³-hybridized carbons (Fsp3) is 0.0588. The highest BCUT2D eigenvalue weighted by atomic mass is 79.9. The lowest BCUT2D eigenvalue weighted by Gasteiger charge is -2.06. The van der Waals surface area contributed by atoms with Gasteiger partial charge in [-0.25, -0.2) is 13.9 Å². The van der Waals surface area contributed by atoms with Crippen LogP contribution in [-0.4, -0.2) is 34.0 Å². The lowest BCUT2D eigenvalue weighted by molar-refractivity contribution is 0.0595. The molecule has 2 aromatic carbocycles. The molecule has 0 fully saturated rings. The Morgan fingerprint density at radius 3 is 2.73 bits per heavy atom. The summed E-state index contributed by atoms with van der Waals surface area (Å²) in [5.41, 5.74) is 0.730. The van der Waals surface area contributed by atoms with Crippen molar-refractivity contribution in [3.05, 3.63) is 70.2 Å². The Morgan fingerprint density at radius 1 is 1.23 bits per heavy atom. The molecule has 0 aliphatic heterocycles. The largest absolute Gasteiger partial charge is 0.465 e. The maximum absolute atomic E-state index is 13.7. The zero-order valence-corrected chi connectivity index (χ0v) is 15.0. The van der Waals surface area contributed by atoms with Gasteiger partial charge in [-0.15, -0.1) is 5.10 Å². The van der Waals surface area contributed by atoms with Crippen LogP contribution < -0.4 is 5.32 Å². The molecular weight excluding hydrogens is 407 g/mol. The number of esters is 1. The fourth-order valence-electron chi connectivity index (χ4n) is 2.19. The van der Waals surface area contributed by atoms with E-state index in [-0.39, 0.29) is 16.9 Å². The van der Waals surface area contributed by atoms with Crippen LogP contribution in [0.2, 0.25) is 0 Å². The van der Waals surface area contributed by atoms with Crippen LogP contribution in [0.4, 0.5) is 10.1 Å². The third-order valence-electron chi connectivity index (χ3n) is 3.45. The van der Waals surface area contributed by atoms with Crippen LogP contribution in [0.3, 0.4) is 0 Å². The summed E-state index contributed by atoms with van der Waals surface area (Å²) in [7, 11) is 1.15. The number of nitrogens with one attached hydrogen (secondary N) is 1. The zero-order valence-electron chi connectivity index (χ0n) is 13.4. The van der Waals surface area contributed by atoms with E-state index in [9.17, 15) is 14.0 Å². The summed E-state index contributed by atoms with van der Waals surface area (Å²) < 4.78 is 20.4. The molecule has 1 amide bonds. The van der Waals surface area contributed by atoms with Crippen molar-refractivity contribution in [3.8, 4) is 5.69 Å². The minimum Gasteiger partial charge on any atom is -0.465 e. The van der Waals surface area contributed by atoms with Crippen LogP contribution in [0.5, 0.6) is 0 Å². The van der Waals surface area contributed by atoms with Crippen LogP contribution in [0, 0.1) is 5.82 Å². The number of ether oxygens (including phenoxy) is 1. The predicted octanol–water partition coefficient (Wildman–Crippen LogP) is 3.21. The fourth-order valence-corrected chi connectivity index (χ4v) is 2.65. The number of carbonyl (C=O) groups is 2. The number of benzene rings is 2. The van der Waals surface area contributed by atoms with E-state index in [1.54, 1.807) is 0 Å². The molecule has 0 saturated heterocycles. The van der Waals surface area contributed by atoms with E-state index in [0.29, 0.717) is 5.69 Å². The van der Waals surface area contributed by atoms with Crippen LogP contribution in [-0.2, 0) is 4.74 Å². The monoisotopic (exact) mass is 418 g/mol. The summed E-state index contributed by atoms with van der Waals surface area (Å²) in [6.07, 6.45) is 1.46. The van der Waals surface area contributed by atoms with Gasteiger partial charge in [-0.2, -0.15) is 0 Å². The van der Waals surface area contributed by atoms with Gasteiger partial charge in [0.1, 0.15) is 5.82 Å². The van der Waals surface area contributed by atoms with Gasteiger partial charge in [0, 0.05) is 10.2 Å². The van der Waals surface area contributed by atoms with Crippen molar-refractivity contribution in [1.29, 1.82) is 0 Å². The average molecular weight is 419 g/mol. The van der Waals surface area contributed by atoms with E-state index >= 15 is 0 Å². The number of halogens is 2. The molecule has 1 aromatic heterocycles. The molecular formula is C17H12BrFN4O3. The summed E-state index contributed by atoms with van der Waals surface area (Å²) >= 11 is 3.40. The molecule has 0 saturated carbocycles. The Kier molecular flexibility index (Phi) is 5.08. The number of nitrogens with zero attached hydrogens (tertiary/aromatic N) is 3. The standard InChI is InChI=1S/C17H12BrFN4O3/c1-26-17(25)11-8-10(6-7-13(11)19)20-16(24)14-9-23(22-21-14)15-5-3-2-4-12(15)18/h2-9H,1H3,(H,20,24). The first-order valence-corrected chi connectivity index (χ1v) is 8.15. The molecule has 0 aliphatic rings. The van der Waals surface area contributed by atoms with Crippen LogP contribution >= 0.6 is 15.9 Å². The normalized spacial score (nSPS) is 10.4. The maximum Gasteiger partial charge on any atom is 0.340 e. The van der Waals surface area contributed by atoms with E-state index in [1.807, 2.05) is 24.3 Å². The van der Waals surface area contributed by atoms with Crippen molar-refractivity contribution in [2.45, 2.75) is 0 Å². The van der Waals surface area contributed by atoms with Gasteiger partial charge < -0.3 is 10.1 Å². The quantitative estimate of drug-likeness (QED) is 0.657.